The van der Waals surface area contributed by atoms with Crippen molar-refractivity contribution < 1.29 is 14.3 Å². The summed E-state index contributed by atoms with van der Waals surface area (Å²) >= 11 is 1.51. The molecule has 1 amide bonds. The highest BCUT2D eigenvalue weighted by Crippen LogP contribution is 2.30. The lowest BCUT2D eigenvalue weighted by Crippen LogP contribution is -2.22. The van der Waals surface area contributed by atoms with Gasteiger partial charge in [0, 0.05) is 15.1 Å². The van der Waals surface area contributed by atoms with Crippen LogP contribution < -0.4 is 11.3 Å². The van der Waals surface area contributed by atoms with Gasteiger partial charge in [-0.15, -0.1) is 21.5 Å². The fourth-order valence-corrected chi connectivity index (χ4v) is 4.53. The minimum atomic E-state index is -0.795. The molecule has 11 nitrogen and oxygen atoms in total. The first kappa shape index (κ1) is 20.0. The summed E-state index contributed by atoms with van der Waals surface area (Å²) in [6.45, 7) is 1.70. The van der Waals surface area contributed by atoms with Crippen molar-refractivity contribution in [2.24, 2.45) is 5.73 Å². The number of benzene rings is 1. The van der Waals surface area contributed by atoms with E-state index in [-0.39, 0.29) is 35.8 Å². The number of aromatic nitrogens is 6. The van der Waals surface area contributed by atoms with Crippen molar-refractivity contribution >= 4 is 38.4 Å². The van der Waals surface area contributed by atoms with Crippen LogP contribution in [-0.2, 0) is 13.1 Å². The number of aryl methyl sites for hydroxylation is 1. The largest absolute Gasteiger partial charge is 0.432 e. The van der Waals surface area contributed by atoms with E-state index in [1.54, 1.807) is 6.92 Å². The molecule has 0 saturated heterocycles. The normalized spacial score (nSPS) is 12.6. The Hall–Kier alpha value is -3.90. The molecule has 0 unspecified atom stereocenters. The van der Waals surface area contributed by atoms with Crippen molar-refractivity contribution in [1.29, 1.82) is 0 Å². The summed E-state index contributed by atoms with van der Waals surface area (Å²) in [7, 11) is 0. The summed E-state index contributed by atoms with van der Waals surface area (Å²) in [6.07, 6.45) is 0.487. The topological polar surface area (TPSA) is 155 Å². The minimum Gasteiger partial charge on any atom is -0.432 e. The van der Waals surface area contributed by atoms with Gasteiger partial charge in [0.05, 0.1) is 13.1 Å². The number of furan rings is 1. The number of tetrazole rings is 1. The first-order chi connectivity index (χ1) is 15.4. The smallest absolute Gasteiger partial charge is 0.284 e. The first-order valence-electron chi connectivity index (χ1n) is 9.62. The fraction of sp³-hybridized carbons (Fsp3) is 0.200. The number of thiophene rings is 1. The number of primary amides is 1. The van der Waals surface area contributed by atoms with Crippen molar-refractivity contribution in [3.63, 3.8) is 0 Å². The lowest BCUT2D eigenvalue weighted by atomic mass is 10.2. The van der Waals surface area contributed by atoms with Crippen LogP contribution in [0.1, 0.15) is 32.9 Å². The van der Waals surface area contributed by atoms with Crippen LogP contribution in [0.5, 0.6) is 0 Å². The summed E-state index contributed by atoms with van der Waals surface area (Å²) in [4.78, 5) is 30.5. The minimum absolute atomic E-state index is 0.0112. The lowest BCUT2D eigenvalue weighted by Gasteiger charge is -2.06. The summed E-state index contributed by atoms with van der Waals surface area (Å²) in [5, 5.41) is 24.0. The molecule has 4 heterocycles. The molecule has 0 spiro atoms. The number of aliphatic hydroxyl groups is 1. The number of carbonyl (C=O) groups excluding carboxylic acids is 1. The van der Waals surface area contributed by atoms with Crippen molar-refractivity contribution in [2.45, 2.75) is 26.1 Å². The Kier molecular flexibility index (Phi) is 4.79. The molecule has 12 heteroatoms. The average molecular weight is 451 g/mol. The molecule has 3 N–H and O–H groups in total. The van der Waals surface area contributed by atoms with Gasteiger partial charge in [-0.05, 0) is 29.7 Å². The second-order valence-corrected chi connectivity index (χ2v) is 8.36. The third-order valence-electron chi connectivity index (χ3n) is 5.06. The van der Waals surface area contributed by atoms with E-state index in [4.69, 9.17) is 10.2 Å². The molecule has 1 aromatic carbocycles. The second-order valence-electron chi connectivity index (χ2n) is 7.24. The highest BCUT2D eigenvalue weighted by molar-refractivity contribution is 7.19. The number of hydrogen-bond acceptors (Lipinski definition) is 9. The van der Waals surface area contributed by atoms with Gasteiger partial charge in [0.2, 0.25) is 5.71 Å². The standard InChI is InChI=1S/C20H17N7O4S/c1-10-16-19(31-17(10)18(21)29)22-9-26(20(16)30)8-15-23-25-27(24-15)7-12(28)14-6-11-4-2-3-5-13(11)32-14/h2-6,9,12,28H,7-8H2,1H3,(H2,21,29)/t12-/m0/s1. The first-order valence-corrected chi connectivity index (χ1v) is 10.4. The Morgan fingerprint density at radius 3 is 2.94 bits per heavy atom. The number of amides is 1. The van der Waals surface area contributed by atoms with Gasteiger partial charge in [0.25, 0.3) is 11.5 Å². The molecule has 162 valence electrons. The van der Waals surface area contributed by atoms with E-state index < -0.39 is 17.6 Å². The van der Waals surface area contributed by atoms with E-state index in [1.807, 2.05) is 30.3 Å². The van der Waals surface area contributed by atoms with Gasteiger partial charge in [0.1, 0.15) is 17.8 Å². The molecule has 32 heavy (non-hydrogen) atoms. The van der Waals surface area contributed by atoms with E-state index in [2.05, 4.69) is 20.4 Å². The third-order valence-corrected chi connectivity index (χ3v) is 6.27. The Bertz CT molecular complexity index is 1500. The Morgan fingerprint density at radius 2 is 2.16 bits per heavy atom. The summed E-state index contributed by atoms with van der Waals surface area (Å²) in [5.74, 6) is -0.594. The lowest BCUT2D eigenvalue weighted by molar-refractivity contribution is 0.0975. The van der Waals surface area contributed by atoms with Gasteiger partial charge >= 0.3 is 0 Å². The molecule has 5 aromatic rings. The van der Waals surface area contributed by atoms with Crippen molar-refractivity contribution in [2.75, 3.05) is 0 Å². The van der Waals surface area contributed by atoms with Crippen LogP contribution >= 0.6 is 11.3 Å². The van der Waals surface area contributed by atoms with Gasteiger partial charge in [-0.1, -0.05) is 18.2 Å². The van der Waals surface area contributed by atoms with Crippen LogP contribution in [-0.4, -0.2) is 40.8 Å². The van der Waals surface area contributed by atoms with Gasteiger partial charge < -0.3 is 15.3 Å². The molecular weight excluding hydrogens is 434 g/mol. The van der Waals surface area contributed by atoms with Crippen LogP contribution in [0.3, 0.4) is 0 Å². The predicted molar refractivity (Wildman–Crippen MR) is 115 cm³/mol. The number of fused-ring (bicyclic) bond motifs is 2. The maximum atomic E-state index is 12.8. The maximum Gasteiger partial charge on any atom is 0.284 e. The number of nitrogens with zero attached hydrogens (tertiary/aromatic N) is 6. The predicted octanol–water partition coefficient (Wildman–Crippen LogP) is 1.38. The fourth-order valence-electron chi connectivity index (χ4n) is 3.49. The van der Waals surface area contributed by atoms with Crippen LogP contribution in [0.4, 0.5) is 0 Å². The van der Waals surface area contributed by atoms with Crippen molar-refractivity contribution in [3.8, 4) is 0 Å². The number of carbonyl (C=O) groups is 1. The molecule has 0 fully saturated rings. The van der Waals surface area contributed by atoms with E-state index >= 15 is 0 Å². The molecule has 4 aromatic heterocycles. The van der Waals surface area contributed by atoms with E-state index in [0.29, 0.717) is 5.56 Å². The summed E-state index contributed by atoms with van der Waals surface area (Å²) < 4.78 is 7.66. The Morgan fingerprint density at radius 1 is 1.34 bits per heavy atom. The van der Waals surface area contributed by atoms with Gasteiger partial charge in [-0.25, -0.2) is 4.98 Å². The third kappa shape index (κ3) is 3.44. The monoisotopic (exact) mass is 451 g/mol. The summed E-state index contributed by atoms with van der Waals surface area (Å²) in [5.41, 5.74) is 5.24. The number of rotatable bonds is 6. The molecule has 0 radical (unpaired) electrons. The van der Waals surface area contributed by atoms with Gasteiger partial charge in [-0.3, -0.25) is 14.2 Å². The molecule has 0 aliphatic carbocycles. The Labute approximate surface area is 183 Å². The maximum absolute atomic E-state index is 12.8. The quantitative estimate of drug-likeness (QED) is 0.392. The highest BCUT2D eigenvalue weighted by Gasteiger charge is 2.20. The van der Waals surface area contributed by atoms with E-state index in [9.17, 15) is 14.7 Å². The average Bonchev–Trinajstić information content (AvgIpc) is 3.47. The second kappa shape index (κ2) is 7.66. The van der Waals surface area contributed by atoms with E-state index in [0.717, 1.165) is 15.0 Å². The number of nitrogens with two attached hydrogens (primary N) is 1. The number of aliphatic hydroxyl groups excluding tert-OH is 1. The molecular formula is C20H17N7O4S. The zero-order valence-electron chi connectivity index (χ0n) is 16.8. The molecule has 5 rings (SSSR count). The van der Waals surface area contributed by atoms with E-state index in [1.165, 1.54) is 27.0 Å². The van der Waals surface area contributed by atoms with Crippen molar-refractivity contribution in [1.82, 2.24) is 29.8 Å². The molecule has 0 aliphatic heterocycles. The van der Waals surface area contributed by atoms with Gasteiger partial charge in [-0.2, -0.15) is 4.80 Å². The molecule has 1 atom stereocenters. The number of hydrogen-bond donors (Lipinski definition) is 2. The van der Waals surface area contributed by atoms with Crippen molar-refractivity contribution in [3.05, 3.63) is 69.0 Å². The molecule has 0 saturated carbocycles. The van der Waals surface area contributed by atoms with Crippen LogP contribution in [0.15, 0.2) is 45.9 Å². The summed E-state index contributed by atoms with van der Waals surface area (Å²) in [6, 6.07) is 9.83. The van der Waals surface area contributed by atoms with Crippen LogP contribution in [0.25, 0.3) is 21.2 Å². The highest BCUT2D eigenvalue weighted by atomic mass is 32.1. The van der Waals surface area contributed by atoms with Crippen LogP contribution in [0.2, 0.25) is 0 Å². The SMILES string of the molecule is Cc1c(C(N)=O)oc2ncn(Cc3nnn(C[C@H](O)c4cc5ccccc5s4)n3)c(=O)c12. The zero-order valence-corrected chi connectivity index (χ0v) is 17.6. The Balaban J connectivity index is 1.36. The van der Waals surface area contributed by atoms with Crippen LogP contribution in [0, 0.1) is 6.92 Å². The zero-order chi connectivity index (χ0) is 22.4. The molecule has 0 aliphatic rings. The molecule has 0 bridgehead atoms. The van der Waals surface area contributed by atoms with Gasteiger partial charge in [0.15, 0.2) is 11.6 Å².